The first-order chi connectivity index (χ1) is 11.7. The lowest BCUT2D eigenvalue weighted by Crippen LogP contribution is -2.61. The smallest absolute Gasteiger partial charge is 0.302 e. The Bertz CT molecular complexity index is 598. The van der Waals surface area contributed by atoms with Crippen LogP contribution in [0.2, 0.25) is 0 Å². The van der Waals surface area contributed by atoms with E-state index >= 15 is 0 Å². The number of fused-ring (bicyclic) bond motifs is 3. The van der Waals surface area contributed by atoms with Crippen molar-refractivity contribution in [3.05, 3.63) is 12.2 Å². The van der Waals surface area contributed by atoms with Gasteiger partial charge in [0.05, 0.1) is 12.7 Å². The van der Waals surface area contributed by atoms with Crippen LogP contribution >= 0.6 is 0 Å². The van der Waals surface area contributed by atoms with Gasteiger partial charge >= 0.3 is 5.97 Å². The quantitative estimate of drug-likeness (QED) is 0.592. The van der Waals surface area contributed by atoms with E-state index in [0.717, 1.165) is 19.3 Å². The summed E-state index contributed by atoms with van der Waals surface area (Å²) in [5.74, 6) is 1.28. The molecule has 4 aliphatic rings. The van der Waals surface area contributed by atoms with E-state index in [1.807, 2.05) is 0 Å². The highest BCUT2D eigenvalue weighted by Crippen LogP contribution is 2.72. The van der Waals surface area contributed by atoms with Crippen LogP contribution < -0.4 is 0 Å². The number of ether oxygens (including phenoxy) is 1. The van der Waals surface area contributed by atoms with Gasteiger partial charge < -0.3 is 9.84 Å². The minimum absolute atomic E-state index is 0.0481. The molecule has 0 saturated heterocycles. The Kier molecular flexibility index (Phi) is 3.92. The molecule has 140 valence electrons. The highest BCUT2D eigenvalue weighted by Gasteiger charge is 2.66. The molecule has 3 nitrogen and oxygen atoms in total. The molecule has 0 heterocycles. The summed E-state index contributed by atoms with van der Waals surface area (Å²) in [5.41, 5.74) is 1.87. The van der Waals surface area contributed by atoms with Gasteiger partial charge in [0.1, 0.15) is 0 Å². The lowest BCUT2D eigenvalue weighted by molar-refractivity contribution is -0.198. The van der Waals surface area contributed by atoms with Gasteiger partial charge in [0.15, 0.2) is 0 Å². The second-order valence-electron chi connectivity index (χ2n) is 10.3. The van der Waals surface area contributed by atoms with E-state index in [1.165, 1.54) is 44.6 Å². The molecule has 0 aromatic heterocycles. The minimum atomic E-state index is -0.193. The van der Waals surface area contributed by atoms with Crippen LogP contribution in [-0.4, -0.2) is 23.8 Å². The molecule has 0 radical (unpaired) electrons. The third-order valence-electron chi connectivity index (χ3n) is 8.73. The summed E-state index contributed by atoms with van der Waals surface area (Å²) >= 11 is 0. The van der Waals surface area contributed by atoms with Crippen LogP contribution in [-0.2, 0) is 9.53 Å². The van der Waals surface area contributed by atoms with E-state index in [2.05, 4.69) is 20.4 Å². The molecule has 4 saturated carbocycles. The van der Waals surface area contributed by atoms with Gasteiger partial charge in [0, 0.05) is 12.3 Å². The van der Waals surface area contributed by atoms with Gasteiger partial charge in [-0.15, -0.1) is 0 Å². The van der Waals surface area contributed by atoms with E-state index in [1.54, 1.807) is 0 Å². The molecule has 4 rings (SSSR count). The second kappa shape index (κ2) is 5.58. The predicted octanol–water partition coefficient (Wildman–Crippen LogP) is 4.49. The van der Waals surface area contributed by atoms with Crippen molar-refractivity contribution in [3.63, 3.8) is 0 Å². The molecule has 0 aromatic carbocycles. The molecular formula is C22H34O3. The van der Waals surface area contributed by atoms with Crippen molar-refractivity contribution < 1.29 is 14.6 Å². The van der Waals surface area contributed by atoms with E-state index in [9.17, 15) is 9.90 Å². The molecule has 0 amide bonds. The Morgan fingerprint density at radius 2 is 2.08 bits per heavy atom. The number of aliphatic hydroxyl groups excluding tert-OH is 1. The van der Waals surface area contributed by atoms with Gasteiger partial charge in [-0.25, -0.2) is 0 Å². The summed E-state index contributed by atoms with van der Waals surface area (Å²) in [6, 6.07) is 0. The Hall–Kier alpha value is -0.830. The number of aliphatic hydroxyl groups is 1. The van der Waals surface area contributed by atoms with Crippen molar-refractivity contribution in [1.82, 2.24) is 0 Å². The standard InChI is InChI=1S/C22H34O3/c1-14-11-22-9-6-18-20(3,13-25-15(2)23)7-5-8-21(18,4)19(22)17(24)10-16(14)12-22/h16-19,24H,1,5-13H2,2-4H3/t16-,17-,18-,19+,20-,21-,22-/m1/s1. The summed E-state index contributed by atoms with van der Waals surface area (Å²) in [5, 5.41) is 11.2. The SMILES string of the molecule is C=C1C[C@@]23CC[C@@H]4[C@@](C)(COC(C)=O)CCC[C@@]4(C)[C@@H]2[C@H](O)C[C@@H]1C3. The zero-order valence-corrected chi connectivity index (χ0v) is 16.1. The maximum absolute atomic E-state index is 11.4. The molecule has 25 heavy (non-hydrogen) atoms. The summed E-state index contributed by atoms with van der Waals surface area (Å²) in [6.45, 7) is 11.2. The maximum atomic E-state index is 11.4. The fourth-order valence-electron chi connectivity index (χ4n) is 8.05. The molecule has 3 heteroatoms. The fraction of sp³-hybridized carbons (Fsp3) is 0.864. The predicted molar refractivity (Wildman–Crippen MR) is 97.8 cm³/mol. The average Bonchev–Trinajstić information content (AvgIpc) is 2.75. The van der Waals surface area contributed by atoms with Crippen molar-refractivity contribution in [2.45, 2.75) is 78.2 Å². The van der Waals surface area contributed by atoms with Crippen LogP contribution in [0.25, 0.3) is 0 Å². The Morgan fingerprint density at radius 1 is 1.32 bits per heavy atom. The highest BCUT2D eigenvalue weighted by atomic mass is 16.5. The van der Waals surface area contributed by atoms with Crippen LogP contribution in [0, 0.1) is 34.0 Å². The lowest BCUT2D eigenvalue weighted by Gasteiger charge is -2.65. The number of rotatable bonds is 2. The van der Waals surface area contributed by atoms with E-state index < -0.39 is 0 Å². The van der Waals surface area contributed by atoms with Crippen molar-refractivity contribution in [2.75, 3.05) is 6.61 Å². The monoisotopic (exact) mass is 346 g/mol. The average molecular weight is 347 g/mol. The largest absolute Gasteiger partial charge is 0.465 e. The normalized spacial score (nSPS) is 51.6. The summed E-state index contributed by atoms with van der Waals surface area (Å²) in [6.07, 6.45) is 9.01. The molecular weight excluding hydrogens is 312 g/mol. The molecule has 1 spiro atoms. The second-order valence-corrected chi connectivity index (χ2v) is 10.3. The molecule has 2 bridgehead atoms. The number of allylic oxidation sites excluding steroid dienone is 1. The first-order valence-corrected chi connectivity index (χ1v) is 10.2. The topological polar surface area (TPSA) is 46.5 Å². The molecule has 0 aliphatic heterocycles. The van der Waals surface area contributed by atoms with Crippen LogP contribution in [0.5, 0.6) is 0 Å². The van der Waals surface area contributed by atoms with E-state index in [0.29, 0.717) is 24.4 Å². The number of esters is 1. The van der Waals surface area contributed by atoms with Crippen LogP contribution in [0.1, 0.15) is 72.1 Å². The summed E-state index contributed by atoms with van der Waals surface area (Å²) in [4.78, 5) is 11.4. The zero-order valence-electron chi connectivity index (χ0n) is 16.1. The van der Waals surface area contributed by atoms with Gasteiger partial charge in [-0.3, -0.25) is 4.79 Å². The van der Waals surface area contributed by atoms with E-state index in [4.69, 9.17) is 4.74 Å². The van der Waals surface area contributed by atoms with E-state index in [-0.39, 0.29) is 28.3 Å². The minimum Gasteiger partial charge on any atom is -0.465 e. The molecule has 4 fully saturated rings. The maximum Gasteiger partial charge on any atom is 0.302 e. The number of carbonyl (C=O) groups excluding carboxylic acids is 1. The number of hydrogen-bond donors (Lipinski definition) is 1. The van der Waals surface area contributed by atoms with Gasteiger partial charge in [0.25, 0.3) is 0 Å². The highest BCUT2D eigenvalue weighted by molar-refractivity contribution is 5.65. The molecule has 4 aliphatic carbocycles. The first kappa shape index (κ1) is 17.6. The van der Waals surface area contributed by atoms with Crippen LogP contribution in [0.15, 0.2) is 12.2 Å². The fourth-order valence-corrected chi connectivity index (χ4v) is 8.05. The summed E-state index contributed by atoms with van der Waals surface area (Å²) < 4.78 is 5.50. The first-order valence-electron chi connectivity index (χ1n) is 10.2. The molecule has 1 N–H and O–H groups in total. The van der Waals surface area contributed by atoms with Crippen molar-refractivity contribution in [2.24, 2.45) is 34.0 Å². The molecule has 0 unspecified atom stereocenters. The van der Waals surface area contributed by atoms with Gasteiger partial charge in [-0.2, -0.15) is 0 Å². The number of carbonyl (C=O) groups is 1. The van der Waals surface area contributed by atoms with Crippen molar-refractivity contribution in [3.8, 4) is 0 Å². The Labute approximate surface area is 152 Å². The molecule has 0 aromatic rings. The van der Waals surface area contributed by atoms with Crippen molar-refractivity contribution >= 4 is 5.97 Å². The third-order valence-corrected chi connectivity index (χ3v) is 8.73. The van der Waals surface area contributed by atoms with Gasteiger partial charge in [-0.1, -0.05) is 32.4 Å². The van der Waals surface area contributed by atoms with Crippen LogP contribution in [0.3, 0.4) is 0 Å². The zero-order chi connectivity index (χ0) is 18.0. The van der Waals surface area contributed by atoms with Crippen LogP contribution in [0.4, 0.5) is 0 Å². The Balaban J connectivity index is 1.68. The Morgan fingerprint density at radius 3 is 2.80 bits per heavy atom. The molecule has 7 atom stereocenters. The summed E-state index contributed by atoms with van der Waals surface area (Å²) in [7, 11) is 0. The van der Waals surface area contributed by atoms with Crippen molar-refractivity contribution in [1.29, 1.82) is 0 Å². The number of hydrogen-bond acceptors (Lipinski definition) is 3. The van der Waals surface area contributed by atoms with Gasteiger partial charge in [0.2, 0.25) is 0 Å². The third kappa shape index (κ3) is 2.44. The van der Waals surface area contributed by atoms with Gasteiger partial charge in [-0.05, 0) is 73.5 Å². The lowest BCUT2D eigenvalue weighted by atomic mass is 9.40.